The van der Waals surface area contributed by atoms with Crippen molar-refractivity contribution >= 4 is 0 Å². The lowest BCUT2D eigenvalue weighted by atomic mass is 9.91. The first kappa shape index (κ1) is 13.2. The number of hydrogen-bond acceptors (Lipinski definition) is 1. The van der Waals surface area contributed by atoms with Crippen molar-refractivity contribution in [3.8, 4) is 0 Å². The van der Waals surface area contributed by atoms with E-state index in [1.807, 2.05) is 13.0 Å². The van der Waals surface area contributed by atoms with Crippen LogP contribution in [0.5, 0.6) is 0 Å². The summed E-state index contributed by atoms with van der Waals surface area (Å²) in [6, 6.07) is 6.47. The van der Waals surface area contributed by atoms with Crippen molar-refractivity contribution < 1.29 is 9.50 Å². The number of unbranched alkanes of at least 4 members (excludes halogenated alkanes) is 2. The first-order valence-corrected chi connectivity index (χ1v) is 6.00. The van der Waals surface area contributed by atoms with E-state index in [0.29, 0.717) is 6.42 Å². The van der Waals surface area contributed by atoms with E-state index in [0.717, 1.165) is 31.2 Å². The highest BCUT2D eigenvalue weighted by Gasteiger charge is 2.20. The molecule has 0 radical (unpaired) electrons. The molecular formula is C14H21FO. The zero-order valence-corrected chi connectivity index (χ0v) is 10.2. The van der Waals surface area contributed by atoms with Gasteiger partial charge in [0.05, 0.1) is 5.60 Å². The number of benzene rings is 1. The number of rotatable bonds is 6. The van der Waals surface area contributed by atoms with E-state index in [1.165, 1.54) is 12.1 Å². The Morgan fingerprint density at radius 1 is 1.31 bits per heavy atom. The highest BCUT2D eigenvalue weighted by Crippen LogP contribution is 2.20. The number of halogens is 1. The molecule has 0 aliphatic heterocycles. The Labute approximate surface area is 97.3 Å². The summed E-state index contributed by atoms with van der Waals surface area (Å²) in [4.78, 5) is 0. The lowest BCUT2D eigenvalue weighted by molar-refractivity contribution is 0.0485. The molecular weight excluding hydrogens is 203 g/mol. The van der Waals surface area contributed by atoms with Gasteiger partial charge in [0, 0.05) is 6.42 Å². The van der Waals surface area contributed by atoms with Crippen LogP contribution in [0.4, 0.5) is 4.39 Å². The van der Waals surface area contributed by atoms with Gasteiger partial charge in [0.25, 0.3) is 0 Å². The van der Waals surface area contributed by atoms with Crippen LogP contribution in [0.15, 0.2) is 24.3 Å². The van der Waals surface area contributed by atoms with Crippen LogP contribution in [0.1, 0.15) is 45.1 Å². The summed E-state index contributed by atoms with van der Waals surface area (Å²) in [6.07, 6.45) is 4.61. The second-order valence-electron chi connectivity index (χ2n) is 4.76. The van der Waals surface area contributed by atoms with Gasteiger partial charge < -0.3 is 5.11 Å². The summed E-state index contributed by atoms with van der Waals surface area (Å²) in [6.45, 7) is 3.97. The average Bonchev–Trinajstić information content (AvgIpc) is 2.17. The van der Waals surface area contributed by atoms with Gasteiger partial charge in [0.15, 0.2) is 0 Å². The Balaban J connectivity index is 2.51. The average molecular weight is 224 g/mol. The molecule has 0 fully saturated rings. The van der Waals surface area contributed by atoms with Crippen molar-refractivity contribution in [3.05, 3.63) is 35.6 Å². The highest BCUT2D eigenvalue weighted by atomic mass is 19.1. The Hall–Kier alpha value is -0.890. The fourth-order valence-corrected chi connectivity index (χ4v) is 1.93. The maximum absolute atomic E-state index is 13.0. The molecule has 0 saturated carbocycles. The van der Waals surface area contributed by atoms with E-state index in [4.69, 9.17) is 0 Å². The third-order valence-corrected chi connectivity index (χ3v) is 2.79. The smallest absolute Gasteiger partial charge is 0.123 e. The van der Waals surface area contributed by atoms with Crippen molar-refractivity contribution in [1.82, 2.24) is 0 Å². The Kier molecular flexibility index (Phi) is 4.94. The fraction of sp³-hybridized carbons (Fsp3) is 0.571. The topological polar surface area (TPSA) is 20.2 Å². The molecule has 1 N–H and O–H groups in total. The van der Waals surface area contributed by atoms with Crippen LogP contribution >= 0.6 is 0 Å². The van der Waals surface area contributed by atoms with Crippen LogP contribution in [0.25, 0.3) is 0 Å². The molecule has 0 amide bonds. The van der Waals surface area contributed by atoms with Crippen LogP contribution < -0.4 is 0 Å². The van der Waals surface area contributed by atoms with Gasteiger partial charge in [0.1, 0.15) is 5.82 Å². The summed E-state index contributed by atoms with van der Waals surface area (Å²) in [5, 5.41) is 10.2. The summed E-state index contributed by atoms with van der Waals surface area (Å²) in [5.41, 5.74) is 0.143. The van der Waals surface area contributed by atoms with Crippen molar-refractivity contribution in [1.29, 1.82) is 0 Å². The molecule has 1 unspecified atom stereocenters. The van der Waals surface area contributed by atoms with E-state index in [9.17, 15) is 9.50 Å². The number of aliphatic hydroxyl groups is 1. The second-order valence-corrected chi connectivity index (χ2v) is 4.76. The van der Waals surface area contributed by atoms with Crippen LogP contribution in [0.3, 0.4) is 0 Å². The minimum atomic E-state index is -0.719. The van der Waals surface area contributed by atoms with Crippen molar-refractivity contribution in [2.24, 2.45) is 0 Å². The summed E-state index contributed by atoms with van der Waals surface area (Å²) < 4.78 is 13.0. The third-order valence-electron chi connectivity index (χ3n) is 2.79. The van der Waals surface area contributed by atoms with Crippen LogP contribution in [-0.2, 0) is 6.42 Å². The SMILES string of the molecule is CCCCCC(C)(O)Cc1cccc(F)c1. The molecule has 0 aliphatic carbocycles. The van der Waals surface area contributed by atoms with E-state index in [2.05, 4.69) is 6.92 Å². The van der Waals surface area contributed by atoms with E-state index >= 15 is 0 Å². The van der Waals surface area contributed by atoms with Crippen LogP contribution in [-0.4, -0.2) is 10.7 Å². The molecule has 0 bridgehead atoms. The first-order valence-electron chi connectivity index (χ1n) is 6.00. The van der Waals surface area contributed by atoms with Gasteiger partial charge in [-0.15, -0.1) is 0 Å². The molecule has 1 rings (SSSR count). The second kappa shape index (κ2) is 6.00. The molecule has 0 aromatic heterocycles. The van der Waals surface area contributed by atoms with Crippen molar-refractivity contribution in [3.63, 3.8) is 0 Å². The molecule has 0 heterocycles. The molecule has 0 aliphatic rings. The monoisotopic (exact) mass is 224 g/mol. The zero-order valence-electron chi connectivity index (χ0n) is 10.2. The first-order chi connectivity index (χ1) is 7.53. The van der Waals surface area contributed by atoms with Gasteiger partial charge in [0.2, 0.25) is 0 Å². The quantitative estimate of drug-likeness (QED) is 0.730. The van der Waals surface area contributed by atoms with Gasteiger partial charge >= 0.3 is 0 Å². The third kappa shape index (κ3) is 4.75. The van der Waals surface area contributed by atoms with Gasteiger partial charge in [-0.2, -0.15) is 0 Å². The molecule has 1 nitrogen and oxygen atoms in total. The maximum Gasteiger partial charge on any atom is 0.123 e. The Morgan fingerprint density at radius 2 is 2.06 bits per heavy atom. The van der Waals surface area contributed by atoms with Crippen LogP contribution in [0.2, 0.25) is 0 Å². The van der Waals surface area contributed by atoms with Gasteiger partial charge in [-0.1, -0.05) is 38.3 Å². The Bertz CT molecular complexity index is 320. The predicted molar refractivity (Wildman–Crippen MR) is 64.9 cm³/mol. The normalized spacial score (nSPS) is 14.8. The van der Waals surface area contributed by atoms with Gasteiger partial charge in [-0.25, -0.2) is 4.39 Å². The largest absolute Gasteiger partial charge is 0.390 e. The molecule has 0 saturated heterocycles. The van der Waals surface area contributed by atoms with E-state index in [-0.39, 0.29) is 5.82 Å². The molecule has 1 aromatic carbocycles. The summed E-state index contributed by atoms with van der Waals surface area (Å²) in [5.74, 6) is -0.234. The minimum Gasteiger partial charge on any atom is -0.390 e. The standard InChI is InChI=1S/C14H21FO/c1-3-4-5-9-14(2,16)11-12-7-6-8-13(15)10-12/h6-8,10,16H,3-5,9,11H2,1-2H3. The van der Waals surface area contributed by atoms with Gasteiger partial charge in [-0.3, -0.25) is 0 Å². The lowest BCUT2D eigenvalue weighted by Crippen LogP contribution is -2.27. The van der Waals surface area contributed by atoms with Crippen LogP contribution in [0, 0.1) is 5.82 Å². The highest BCUT2D eigenvalue weighted by molar-refractivity contribution is 5.18. The molecule has 90 valence electrons. The molecule has 1 aromatic rings. The molecule has 0 spiro atoms. The Morgan fingerprint density at radius 3 is 2.69 bits per heavy atom. The zero-order chi connectivity index (χ0) is 12.0. The molecule has 1 atom stereocenters. The fourth-order valence-electron chi connectivity index (χ4n) is 1.93. The summed E-state index contributed by atoms with van der Waals surface area (Å²) >= 11 is 0. The minimum absolute atomic E-state index is 0.234. The predicted octanol–water partition coefficient (Wildman–Crippen LogP) is 3.70. The van der Waals surface area contributed by atoms with E-state index < -0.39 is 5.60 Å². The number of hydrogen-bond donors (Lipinski definition) is 1. The lowest BCUT2D eigenvalue weighted by Gasteiger charge is -2.23. The maximum atomic E-state index is 13.0. The van der Waals surface area contributed by atoms with Crippen molar-refractivity contribution in [2.75, 3.05) is 0 Å². The molecule has 2 heteroatoms. The van der Waals surface area contributed by atoms with Crippen molar-refractivity contribution in [2.45, 2.75) is 51.6 Å². The molecule has 16 heavy (non-hydrogen) atoms. The van der Waals surface area contributed by atoms with Gasteiger partial charge in [-0.05, 0) is 31.0 Å². The van der Waals surface area contributed by atoms with E-state index in [1.54, 1.807) is 6.07 Å². The summed E-state index contributed by atoms with van der Waals surface area (Å²) in [7, 11) is 0.